The molecule has 0 unspecified atom stereocenters. The number of carboxylic acid groups (broad SMARTS) is 1. The Morgan fingerprint density at radius 2 is 1.75 bits per heavy atom. The average molecular weight is 494 g/mol. The molecule has 0 radical (unpaired) electrons. The summed E-state index contributed by atoms with van der Waals surface area (Å²) < 4.78 is 39.1. The number of ether oxygens (including phenoxy) is 1. The van der Waals surface area contributed by atoms with Crippen molar-refractivity contribution in [2.75, 3.05) is 13.1 Å². The molecule has 0 fully saturated rings. The van der Waals surface area contributed by atoms with Gasteiger partial charge in [-0.3, -0.25) is 14.4 Å². The molecule has 8 nitrogen and oxygen atoms in total. The maximum Gasteiger partial charge on any atom is 0.323 e. The molecule has 4 aromatic rings. The first-order chi connectivity index (χ1) is 17.2. The van der Waals surface area contributed by atoms with Gasteiger partial charge in [0, 0.05) is 11.1 Å². The number of fused-ring (bicyclic) bond motifs is 1. The van der Waals surface area contributed by atoms with Crippen LogP contribution in [-0.2, 0) is 16.2 Å². The fourth-order valence-corrected chi connectivity index (χ4v) is 3.71. The second-order valence-electron chi connectivity index (χ2n) is 7.92. The molecule has 3 aromatic carbocycles. The minimum atomic E-state index is -1.27. The third-order valence-electron chi connectivity index (χ3n) is 5.33. The van der Waals surface area contributed by atoms with E-state index in [4.69, 9.17) is 20.0 Å². The summed E-state index contributed by atoms with van der Waals surface area (Å²) >= 11 is 0. The monoisotopic (exact) mass is 494 g/mol. The van der Waals surface area contributed by atoms with Crippen LogP contribution in [0, 0.1) is 11.6 Å². The number of halogens is 2. The van der Waals surface area contributed by atoms with E-state index in [1.54, 1.807) is 36.4 Å². The SMILES string of the molecule is NC(=O)CN(CC(=O)O)C(=O)c1cccc(COc2ccc(-c3cc(F)c(F)c4ccoc34)cc2)c1. The van der Waals surface area contributed by atoms with Gasteiger partial charge in [-0.15, -0.1) is 0 Å². The number of carbonyl (C=O) groups is 3. The van der Waals surface area contributed by atoms with Crippen molar-refractivity contribution in [3.8, 4) is 16.9 Å². The summed E-state index contributed by atoms with van der Waals surface area (Å²) in [5.74, 6) is -4.23. The van der Waals surface area contributed by atoms with E-state index in [0.717, 1.165) is 11.0 Å². The van der Waals surface area contributed by atoms with Crippen LogP contribution in [0.5, 0.6) is 5.75 Å². The Labute approximate surface area is 203 Å². The van der Waals surface area contributed by atoms with Gasteiger partial charge in [0.15, 0.2) is 11.6 Å². The Balaban J connectivity index is 1.47. The number of furan rings is 1. The number of benzene rings is 3. The van der Waals surface area contributed by atoms with Gasteiger partial charge in [0.05, 0.1) is 11.6 Å². The second-order valence-corrected chi connectivity index (χ2v) is 7.92. The van der Waals surface area contributed by atoms with E-state index in [-0.39, 0.29) is 23.1 Å². The highest BCUT2D eigenvalue weighted by Crippen LogP contribution is 2.33. The fraction of sp³-hybridized carbons (Fsp3) is 0.115. The molecule has 2 amide bonds. The van der Waals surface area contributed by atoms with Crippen LogP contribution in [0.1, 0.15) is 15.9 Å². The van der Waals surface area contributed by atoms with Crippen molar-refractivity contribution < 1.29 is 37.4 Å². The Morgan fingerprint density at radius 3 is 2.44 bits per heavy atom. The second kappa shape index (κ2) is 10.3. The lowest BCUT2D eigenvalue weighted by molar-refractivity contribution is -0.138. The summed E-state index contributed by atoms with van der Waals surface area (Å²) in [5.41, 5.74) is 7.15. The minimum absolute atomic E-state index is 0.0532. The largest absolute Gasteiger partial charge is 0.489 e. The average Bonchev–Trinajstić information content (AvgIpc) is 3.34. The van der Waals surface area contributed by atoms with E-state index in [9.17, 15) is 23.2 Å². The van der Waals surface area contributed by atoms with Crippen molar-refractivity contribution in [2.45, 2.75) is 6.61 Å². The van der Waals surface area contributed by atoms with Gasteiger partial charge in [-0.2, -0.15) is 0 Å². The van der Waals surface area contributed by atoms with E-state index in [0.29, 0.717) is 22.4 Å². The van der Waals surface area contributed by atoms with Gasteiger partial charge in [-0.1, -0.05) is 24.3 Å². The van der Waals surface area contributed by atoms with Crippen LogP contribution in [0.4, 0.5) is 8.78 Å². The zero-order valence-electron chi connectivity index (χ0n) is 18.7. The standard InChI is InChI=1S/C26H20F2N2O6/c27-21-11-20(25-19(24(21)28)8-9-35-25)16-4-6-18(7-5-16)36-14-15-2-1-3-17(10-15)26(34)30(12-22(29)31)13-23(32)33/h1-11H,12-14H2,(H2,29,31)(H,32,33). The lowest BCUT2D eigenvalue weighted by Crippen LogP contribution is -2.41. The Kier molecular flexibility index (Phi) is 6.95. The van der Waals surface area contributed by atoms with Crippen molar-refractivity contribution in [1.82, 2.24) is 4.90 Å². The summed E-state index contributed by atoms with van der Waals surface area (Å²) in [5, 5.41) is 9.06. The predicted molar refractivity (Wildman–Crippen MR) is 125 cm³/mol. The van der Waals surface area contributed by atoms with Crippen LogP contribution in [0.2, 0.25) is 0 Å². The predicted octanol–water partition coefficient (Wildman–Crippen LogP) is 3.97. The first-order valence-electron chi connectivity index (χ1n) is 10.7. The zero-order valence-corrected chi connectivity index (χ0v) is 18.7. The van der Waals surface area contributed by atoms with E-state index < -0.39 is 42.5 Å². The molecule has 4 rings (SSSR count). The molecule has 1 heterocycles. The van der Waals surface area contributed by atoms with Gasteiger partial charge in [0.25, 0.3) is 5.91 Å². The molecule has 0 saturated carbocycles. The van der Waals surface area contributed by atoms with Crippen molar-refractivity contribution in [3.05, 3.63) is 89.7 Å². The summed E-state index contributed by atoms with van der Waals surface area (Å²) in [6, 6.07) is 15.5. The van der Waals surface area contributed by atoms with Gasteiger partial charge < -0.3 is 24.9 Å². The molecular formula is C26H20F2N2O6. The van der Waals surface area contributed by atoms with E-state index >= 15 is 0 Å². The van der Waals surface area contributed by atoms with Gasteiger partial charge in [0.2, 0.25) is 5.91 Å². The van der Waals surface area contributed by atoms with Crippen LogP contribution in [-0.4, -0.2) is 40.9 Å². The summed E-state index contributed by atoms with van der Waals surface area (Å²) in [7, 11) is 0. The molecule has 0 aliphatic rings. The lowest BCUT2D eigenvalue weighted by atomic mass is 10.0. The highest BCUT2D eigenvalue weighted by atomic mass is 19.2. The molecule has 0 aliphatic heterocycles. The summed E-state index contributed by atoms with van der Waals surface area (Å²) in [6.45, 7) is -1.11. The van der Waals surface area contributed by atoms with E-state index in [1.165, 1.54) is 24.5 Å². The highest BCUT2D eigenvalue weighted by molar-refractivity contribution is 5.98. The minimum Gasteiger partial charge on any atom is -0.489 e. The van der Waals surface area contributed by atoms with Crippen LogP contribution in [0.15, 0.2) is 71.3 Å². The fourth-order valence-electron chi connectivity index (χ4n) is 3.71. The molecule has 3 N–H and O–H groups in total. The summed E-state index contributed by atoms with van der Waals surface area (Å²) in [4.78, 5) is 35.8. The van der Waals surface area contributed by atoms with Gasteiger partial charge in [0.1, 0.15) is 31.0 Å². The smallest absolute Gasteiger partial charge is 0.323 e. The number of carboxylic acids is 1. The molecule has 36 heavy (non-hydrogen) atoms. The number of aliphatic carboxylic acids is 1. The molecule has 0 saturated heterocycles. The van der Waals surface area contributed by atoms with Gasteiger partial charge in [-0.25, -0.2) is 8.78 Å². The molecule has 10 heteroatoms. The van der Waals surface area contributed by atoms with Crippen molar-refractivity contribution in [1.29, 1.82) is 0 Å². The molecule has 0 atom stereocenters. The van der Waals surface area contributed by atoms with Crippen LogP contribution < -0.4 is 10.5 Å². The molecule has 0 spiro atoms. The molecule has 184 valence electrons. The normalized spacial score (nSPS) is 10.8. The van der Waals surface area contributed by atoms with E-state index in [2.05, 4.69) is 0 Å². The van der Waals surface area contributed by atoms with Crippen molar-refractivity contribution >= 4 is 28.8 Å². The highest BCUT2D eigenvalue weighted by Gasteiger charge is 2.21. The third-order valence-corrected chi connectivity index (χ3v) is 5.33. The first kappa shape index (κ1) is 24.4. The van der Waals surface area contributed by atoms with Crippen LogP contribution in [0.25, 0.3) is 22.1 Å². The number of hydrogen-bond donors (Lipinski definition) is 2. The van der Waals surface area contributed by atoms with Gasteiger partial charge >= 0.3 is 5.97 Å². The first-order valence-corrected chi connectivity index (χ1v) is 10.7. The van der Waals surface area contributed by atoms with E-state index in [1.807, 2.05) is 0 Å². The lowest BCUT2D eigenvalue weighted by Gasteiger charge is -2.19. The Morgan fingerprint density at radius 1 is 1.00 bits per heavy atom. The Bertz CT molecular complexity index is 1430. The topological polar surface area (TPSA) is 123 Å². The quantitative estimate of drug-likeness (QED) is 0.363. The molecule has 0 bridgehead atoms. The number of hydrogen-bond acceptors (Lipinski definition) is 5. The molecule has 1 aromatic heterocycles. The number of nitrogens with zero attached hydrogens (tertiary/aromatic N) is 1. The van der Waals surface area contributed by atoms with Gasteiger partial charge in [-0.05, 0) is 47.5 Å². The number of primary amides is 1. The maximum atomic E-state index is 14.0. The molecular weight excluding hydrogens is 474 g/mol. The van der Waals surface area contributed by atoms with Crippen molar-refractivity contribution in [2.24, 2.45) is 5.73 Å². The number of amides is 2. The van der Waals surface area contributed by atoms with Crippen molar-refractivity contribution in [3.63, 3.8) is 0 Å². The summed E-state index contributed by atoms with van der Waals surface area (Å²) in [6.07, 6.45) is 1.29. The number of nitrogens with two attached hydrogens (primary N) is 1. The maximum absolute atomic E-state index is 14.0. The number of rotatable bonds is 9. The number of carbonyl (C=O) groups excluding carboxylic acids is 2. The Hall–Kier alpha value is -4.73. The molecule has 0 aliphatic carbocycles. The van der Waals surface area contributed by atoms with Crippen LogP contribution >= 0.6 is 0 Å². The van der Waals surface area contributed by atoms with Crippen LogP contribution in [0.3, 0.4) is 0 Å². The third kappa shape index (κ3) is 5.33. The zero-order chi connectivity index (χ0) is 25.8.